The first-order valence-electron chi connectivity index (χ1n) is 5.47. The number of rotatable bonds is 4. The maximum absolute atomic E-state index is 11.8. The Morgan fingerprint density at radius 1 is 1.50 bits per heavy atom. The van der Waals surface area contributed by atoms with Crippen LogP contribution in [0.15, 0.2) is 28.1 Å². The number of hydrogen-bond acceptors (Lipinski definition) is 5. The summed E-state index contributed by atoms with van der Waals surface area (Å²) in [5.74, 6) is 0.347. The van der Waals surface area contributed by atoms with Crippen molar-refractivity contribution in [2.75, 3.05) is 12.9 Å². The molecule has 0 saturated heterocycles. The van der Waals surface area contributed by atoms with Gasteiger partial charge >= 0.3 is 5.97 Å². The fourth-order valence-corrected chi connectivity index (χ4v) is 3.38. The van der Waals surface area contributed by atoms with Crippen molar-refractivity contribution in [3.05, 3.63) is 33.0 Å². The second-order valence-electron chi connectivity index (χ2n) is 3.70. The summed E-state index contributed by atoms with van der Waals surface area (Å²) in [6.07, 6.45) is 1.05. The van der Waals surface area contributed by atoms with E-state index < -0.39 is 0 Å². The standard InChI is InChI=1S/C12H13NO3S2/c1-16-12(15)11-9(4-6-18-11)13-10(14)7-8-3-2-5-17-8/h2-3,5H,4,6-7H2,1H3,(H,13,14). The van der Waals surface area contributed by atoms with Gasteiger partial charge in [0.25, 0.3) is 0 Å². The molecular formula is C12H13NO3S2. The van der Waals surface area contributed by atoms with Gasteiger partial charge in [0.05, 0.1) is 13.5 Å². The van der Waals surface area contributed by atoms with Crippen LogP contribution >= 0.6 is 23.1 Å². The van der Waals surface area contributed by atoms with Crippen molar-refractivity contribution >= 4 is 35.0 Å². The zero-order valence-electron chi connectivity index (χ0n) is 9.89. The lowest BCUT2D eigenvalue weighted by atomic mass is 10.2. The van der Waals surface area contributed by atoms with Crippen molar-refractivity contribution in [1.29, 1.82) is 0 Å². The van der Waals surface area contributed by atoms with Gasteiger partial charge in [-0.2, -0.15) is 0 Å². The molecule has 1 N–H and O–H groups in total. The Bertz CT molecular complexity index is 480. The second kappa shape index (κ2) is 6.06. The Kier molecular flexibility index (Phi) is 4.43. The highest BCUT2D eigenvalue weighted by Crippen LogP contribution is 2.30. The van der Waals surface area contributed by atoms with E-state index in [2.05, 4.69) is 10.1 Å². The number of carbonyl (C=O) groups is 2. The van der Waals surface area contributed by atoms with E-state index in [1.54, 1.807) is 11.3 Å². The first-order valence-corrected chi connectivity index (χ1v) is 7.33. The minimum absolute atomic E-state index is 0.0867. The monoisotopic (exact) mass is 283 g/mol. The van der Waals surface area contributed by atoms with Crippen LogP contribution in [0.1, 0.15) is 11.3 Å². The number of thiophene rings is 1. The Morgan fingerprint density at radius 3 is 3.00 bits per heavy atom. The van der Waals surface area contributed by atoms with Crippen LogP contribution in [0.2, 0.25) is 0 Å². The summed E-state index contributed by atoms with van der Waals surface area (Å²) in [5.41, 5.74) is 0.688. The number of methoxy groups -OCH3 is 1. The highest BCUT2D eigenvalue weighted by atomic mass is 32.2. The number of allylic oxidation sites excluding steroid dienone is 1. The predicted molar refractivity (Wildman–Crippen MR) is 72.3 cm³/mol. The first-order chi connectivity index (χ1) is 8.70. The number of amides is 1. The van der Waals surface area contributed by atoms with Crippen molar-refractivity contribution in [2.45, 2.75) is 12.8 Å². The molecule has 4 nitrogen and oxygen atoms in total. The molecule has 2 heterocycles. The molecule has 1 aromatic rings. The molecule has 1 aromatic heterocycles. The molecule has 1 aliphatic rings. The van der Waals surface area contributed by atoms with Gasteiger partial charge in [-0.15, -0.1) is 23.1 Å². The van der Waals surface area contributed by atoms with E-state index >= 15 is 0 Å². The lowest BCUT2D eigenvalue weighted by Crippen LogP contribution is -2.25. The number of esters is 1. The Balaban J connectivity index is 1.99. The van der Waals surface area contributed by atoms with Crippen LogP contribution in [0.4, 0.5) is 0 Å². The van der Waals surface area contributed by atoms with E-state index in [1.807, 2.05) is 17.5 Å². The van der Waals surface area contributed by atoms with Crippen LogP contribution < -0.4 is 5.32 Å². The average molecular weight is 283 g/mol. The third kappa shape index (κ3) is 3.14. The minimum Gasteiger partial charge on any atom is -0.465 e. The molecule has 0 radical (unpaired) electrons. The lowest BCUT2D eigenvalue weighted by Gasteiger charge is -2.07. The molecule has 0 saturated carbocycles. The van der Waals surface area contributed by atoms with Gasteiger partial charge < -0.3 is 10.1 Å². The number of nitrogens with one attached hydrogen (secondary N) is 1. The van der Waals surface area contributed by atoms with Crippen LogP contribution in [-0.2, 0) is 20.7 Å². The van der Waals surface area contributed by atoms with E-state index in [-0.39, 0.29) is 11.9 Å². The zero-order valence-corrected chi connectivity index (χ0v) is 11.5. The highest BCUT2D eigenvalue weighted by molar-refractivity contribution is 8.04. The molecule has 0 bridgehead atoms. The molecule has 1 amide bonds. The molecule has 6 heteroatoms. The van der Waals surface area contributed by atoms with Crippen molar-refractivity contribution in [3.8, 4) is 0 Å². The van der Waals surface area contributed by atoms with Crippen molar-refractivity contribution < 1.29 is 14.3 Å². The van der Waals surface area contributed by atoms with E-state index in [0.717, 1.165) is 10.6 Å². The van der Waals surface area contributed by atoms with Gasteiger partial charge in [0.15, 0.2) is 0 Å². The topological polar surface area (TPSA) is 55.4 Å². The maximum Gasteiger partial charge on any atom is 0.346 e. The van der Waals surface area contributed by atoms with Crippen LogP contribution in [0.25, 0.3) is 0 Å². The second-order valence-corrected chi connectivity index (χ2v) is 5.84. The average Bonchev–Trinajstić information content (AvgIpc) is 2.99. The molecule has 0 spiro atoms. The van der Waals surface area contributed by atoms with E-state index in [0.29, 0.717) is 23.4 Å². The third-order valence-electron chi connectivity index (χ3n) is 2.45. The number of carbonyl (C=O) groups excluding carboxylic acids is 2. The Hall–Kier alpha value is -1.27. The summed E-state index contributed by atoms with van der Waals surface area (Å²) in [7, 11) is 1.35. The molecule has 0 fully saturated rings. The van der Waals surface area contributed by atoms with Gasteiger partial charge in [-0.3, -0.25) is 4.79 Å². The van der Waals surface area contributed by atoms with Crippen molar-refractivity contribution in [2.24, 2.45) is 0 Å². The summed E-state index contributed by atoms with van der Waals surface area (Å²) >= 11 is 2.97. The SMILES string of the molecule is COC(=O)C1=C(NC(=O)Cc2cccs2)CCS1. The van der Waals surface area contributed by atoms with E-state index in [4.69, 9.17) is 0 Å². The van der Waals surface area contributed by atoms with Gasteiger partial charge in [0, 0.05) is 16.3 Å². The van der Waals surface area contributed by atoms with Gasteiger partial charge in [-0.05, 0) is 17.9 Å². The van der Waals surface area contributed by atoms with Gasteiger partial charge in [-0.25, -0.2) is 4.79 Å². The number of thioether (sulfide) groups is 1. The van der Waals surface area contributed by atoms with Crippen LogP contribution in [-0.4, -0.2) is 24.7 Å². The van der Waals surface area contributed by atoms with Gasteiger partial charge in [0.2, 0.25) is 5.91 Å². The largest absolute Gasteiger partial charge is 0.465 e. The van der Waals surface area contributed by atoms with Crippen LogP contribution in [0.3, 0.4) is 0 Å². The predicted octanol–water partition coefficient (Wildman–Crippen LogP) is 1.93. The van der Waals surface area contributed by atoms with Gasteiger partial charge in [-0.1, -0.05) is 6.07 Å². The number of hydrogen-bond donors (Lipinski definition) is 1. The van der Waals surface area contributed by atoms with Crippen LogP contribution in [0.5, 0.6) is 0 Å². The maximum atomic E-state index is 11.8. The minimum atomic E-state index is -0.371. The summed E-state index contributed by atoms with van der Waals surface area (Å²) in [6, 6.07) is 3.83. The fraction of sp³-hybridized carbons (Fsp3) is 0.333. The summed E-state index contributed by atoms with van der Waals surface area (Å²) in [4.78, 5) is 24.8. The van der Waals surface area contributed by atoms with Crippen molar-refractivity contribution in [3.63, 3.8) is 0 Å². The molecule has 0 aromatic carbocycles. The molecular weight excluding hydrogens is 270 g/mol. The van der Waals surface area contributed by atoms with Crippen molar-refractivity contribution in [1.82, 2.24) is 5.32 Å². The number of ether oxygens (including phenoxy) is 1. The molecule has 18 heavy (non-hydrogen) atoms. The van der Waals surface area contributed by atoms with E-state index in [9.17, 15) is 9.59 Å². The highest BCUT2D eigenvalue weighted by Gasteiger charge is 2.23. The van der Waals surface area contributed by atoms with Crippen LogP contribution in [0, 0.1) is 0 Å². The Morgan fingerprint density at radius 2 is 2.33 bits per heavy atom. The molecule has 96 valence electrons. The normalized spacial score (nSPS) is 14.7. The Labute approximate surface area is 113 Å². The lowest BCUT2D eigenvalue weighted by molar-refractivity contribution is -0.135. The molecule has 0 aliphatic carbocycles. The zero-order chi connectivity index (χ0) is 13.0. The van der Waals surface area contributed by atoms with E-state index in [1.165, 1.54) is 18.9 Å². The molecule has 0 atom stereocenters. The first kappa shape index (κ1) is 13.2. The molecule has 2 rings (SSSR count). The molecule has 0 unspecified atom stereocenters. The quantitative estimate of drug-likeness (QED) is 0.858. The molecule has 1 aliphatic heterocycles. The summed E-state index contributed by atoms with van der Waals surface area (Å²) < 4.78 is 4.68. The fourth-order valence-electron chi connectivity index (χ4n) is 1.63. The van der Waals surface area contributed by atoms with Gasteiger partial charge in [0.1, 0.15) is 4.91 Å². The third-order valence-corrected chi connectivity index (χ3v) is 4.43. The summed E-state index contributed by atoms with van der Waals surface area (Å²) in [5, 5.41) is 4.75. The summed E-state index contributed by atoms with van der Waals surface area (Å²) in [6.45, 7) is 0. The smallest absolute Gasteiger partial charge is 0.346 e.